The number of nitrogens with zero attached hydrogens (tertiary/aromatic N) is 6. The fourth-order valence-electron chi connectivity index (χ4n) is 5.99. The molecule has 0 spiro atoms. The van der Waals surface area contributed by atoms with Gasteiger partial charge in [-0.2, -0.15) is 13.9 Å². The fraction of sp³-hybridized carbons (Fsp3) is 0.400. The van der Waals surface area contributed by atoms with Crippen molar-refractivity contribution in [2.75, 3.05) is 25.1 Å². The summed E-state index contributed by atoms with van der Waals surface area (Å²) in [5, 5.41) is 3.79. The van der Waals surface area contributed by atoms with Crippen LogP contribution in [0.3, 0.4) is 0 Å². The highest BCUT2D eigenvalue weighted by molar-refractivity contribution is 6.03. The van der Waals surface area contributed by atoms with Crippen molar-refractivity contribution in [3.05, 3.63) is 70.6 Å². The molecule has 0 atom stereocenters. The Labute approximate surface area is 226 Å². The van der Waals surface area contributed by atoms with Gasteiger partial charge in [0.2, 0.25) is 0 Å². The third-order valence-corrected chi connectivity index (χ3v) is 8.48. The summed E-state index contributed by atoms with van der Waals surface area (Å²) in [5.41, 5.74) is 9.53. The van der Waals surface area contributed by atoms with Crippen LogP contribution in [0.2, 0.25) is 0 Å². The van der Waals surface area contributed by atoms with Crippen LogP contribution in [0.1, 0.15) is 67.6 Å². The molecule has 0 amide bonds. The van der Waals surface area contributed by atoms with E-state index in [9.17, 15) is 8.78 Å². The van der Waals surface area contributed by atoms with Crippen LogP contribution in [0, 0.1) is 12.3 Å². The molecule has 1 aromatic carbocycles. The summed E-state index contributed by atoms with van der Waals surface area (Å²) in [6.07, 6.45) is 9.93. The summed E-state index contributed by atoms with van der Waals surface area (Å²) < 4.78 is 32.2. The number of methoxy groups -OCH3 is 1. The van der Waals surface area contributed by atoms with E-state index in [-0.39, 0.29) is 5.41 Å². The lowest BCUT2D eigenvalue weighted by atomic mass is 9.74. The Bertz CT molecular complexity index is 1530. The molecule has 1 fully saturated rings. The average Bonchev–Trinajstić information content (AvgIpc) is 3.67. The van der Waals surface area contributed by atoms with E-state index in [4.69, 9.17) is 9.73 Å². The van der Waals surface area contributed by atoms with Crippen LogP contribution in [0.5, 0.6) is 5.75 Å². The predicted octanol–water partition coefficient (Wildman–Crippen LogP) is 6.36. The molecule has 39 heavy (non-hydrogen) atoms. The summed E-state index contributed by atoms with van der Waals surface area (Å²) in [7, 11) is 1.70. The van der Waals surface area contributed by atoms with Gasteiger partial charge in [-0.1, -0.05) is 13.0 Å². The van der Waals surface area contributed by atoms with E-state index < -0.39 is 6.55 Å². The molecule has 2 aliphatic heterocycles. The van der Waals surface area contributed by atoms with Crippen molar-refractivity contribution in [3.63, 3.8) is 0 Å². The van der Waals surface area contributed by atoms with Gasteiger partial charge in [0, 0.05) is 60.1 Å². The lowest BCUT2D eigenvalue weighted by Crippen LogP contribution is -2.43. The first-order valence-electron chi connectivity index (χ1n) is 13.3. The van der Waals surface area contributed by atoms with Gasteiger partial charge in [0.05, 0.1) is 19.0 Å². The first-order valence-corrected chi connectivity index (χ1v) is 13.3. The molecule has 7 nitrogen and oxygen atoms in total. The minimum atomic E-state index is -2.65. The number of hydrogen-bond acceptors (Lipinski definition) is 6. The highest BCUT2D eigenvalue weighted by Crippen LogP contribution is 2.43. The van der Waals surface area contributed by atoms with Gasteiger partial charge < -0.3 is 9.64 Å². The zero-order chi connectivity index (χ0) is 27.3. The van der Waals surface area contributed by atoms with Crippen LogP contribution >= 0.6 is 0 Å². The summed E-state index contributed by atoms with van der Waals surface area (Å²) >= 11 is 0. The van der Waals surface area contributed by atoms with E-state index in [0.29, 0.717) is 16.7 Å². The van der Waals surface area contributed by atoms with E-state index in [0.717, 1.165) is 72.0 Å². The molecule has 3 aliphatic rings. The Morgan fingerprint density at radius 3 is 2.54 bits per heavy atom. The number of anilines is 1. The maximum Gasteiger partial charge on any atom is 0.333 e. The van der Waals surface area contributed by atoms with E-state index in [1.54, 1.807) is 13.4 Å². The van der Waals surface area contributed by atoms with E-state index in [2.05, 4.69) is 52.9 Å². The molecule has 0 N–H and O–H groups in total. The Morgan fingerprint density at radius 2 is 1.85 bits per heavy atom. The monoisotopic (exact) mass is 530 g/mol. The van der Waals surface area contributed by atoms with E-state index >= 15 is 0 Å². The van der Waals surface area contributed by atoms with Crippen molar-refractivity contribution in [1.82, 2.24) is 19.7 Å². The highest BCUT2D eigenvalue weighted by atomic mass is 19.3. The number of aliphatic imine (C=N–C) groups is 1. The largest absolute Gasteiger partial charge is 0.496 e. The molecule has 9 heteroatoms. The number of benzene rings is 1. The molecular weight excluding hydrogens is 498 g/mol. The number of allylic oxidation sites excluding steroid dienone is 3. The van der Waals surface area contributed by atoms with Crippen LogP contribution < -0.4 is 9.64 Å². The van der Waals surface area contributed by atoms with E-state index in [1.807, 2.05) is 12.1 Å². The van der Waals surface area contributed by atoms with Crippen molar-refractivity contribution >= 4 is 28.8 Å². The quantitative estimate of drug-likeness (QED) is 0.371. The molecule has 1 aliphatic carbocycles. The Morgan fingerprint density at radius 1 is 1.05 bits per heavy atom. The third-order valence-electron chi connectivity index (χ3n) is 8.48. The van der Waals surface area contributed by atoms with Crippen LogP contribution in [-0.2, 0) is 6.42 Å². The Kier molecular flexibility index (Phi) is 6.32. The van der Waals surface area contributed by atoms with Crippen LogP contribution in [0.25, 0.3) is 17.2 Å². The van der Waals surface area contributed by atoms with Gasteiger partial charge in [-0.3, -0.25) is 4.99 Å². The first kappa shape index (κ1) is 25.4. The standard InChI is InChI=1S/C30H32F2N6O/c1-18-11-20(5-6-26(18)39-4)23-14-27(36-19(23)2)30(3)7-9-37(10-8-30)28-24-12-21(13-25(24)33-17-34-28)22-15-35-38(16-22)29(31)32/h5-6,11-12,15-17,29H,7-10,13-14H2,1-4H3. The zero-order valence-electron chi connectivity index (χ0n) is 22.7. The van der Waals surface area contributed by atoms with Crippen molar-refractivity contribution in [2.24, 2.45) is 10.4 Å². The maximum absolute atomic E-state index is 13.0. The lowest BCUT2D eigenvalue weighted by Gasteiger charge is -2.40. The van der Waals surface area contributed by atoms with Gasteiger partial charge in [0.15, 0.2) is 0 Å². The SMILES string of the molecule is COc1ccc(C2=C(C)N=C(C3(C)CCN(c4ncnc5c4C=C(c4cnn(C(F)F)c4)C5)CC3)C2)cc1C. The number of alkyl halides is 2. The molecule has 1 saturated heterocycles. The van der Waals surface area contributed by atoms with Gasteiger partial charge in [-0.05, 0) is 67.2 Å². The molecule has 3 aromatic rings. The summed E-state index contributed by atoms with van der Waals surface area (Å²) in [6, 6.07) is 6.36. The van der Waals surface area contributed by atoms with E-state index in [1.165, 1.54) is 29.2 Å². The van der Waals surface area contributed by atoms with Crippen LogP contribution in [0.15, 0.2) is 47.6 Å². The van der Waals surface area contributed by atoms with Gasteiger partial charge in [-0.25, -0.2) is 14.6 Å². The molecule has 0 bridgehead atoms. The van der Waals surface area contributed by atoms with Crippen molar-refractivity contribution in [2.45, 2.75) is 53.0 Å². The molecule has 202 valence electrons. The molecule has 4 heterocycles. The van der Waals surface area contributed by atoms with Gasteiger partial charge >= 0.3 is 6.55 Å². The minimum absolute atomic E-state index is 0.0160. The Hall–Kier alpha value is -3.88. The first-order chi connectivity index (χ1) is 18.8. The van der Waals surface area contributed by atoms with Crippen molar-refractivity contribution in [1.29, 1.82) is 0 Å². The summed E-state index contributed by atoms with van der Waals surface area (Å²) in [5.74, 6) is 1.81. The maximum atomic E-state index is 13.0. The number of aryl methyl sites for hydroxylation is 1. The number of halogens is 2. The molecule has 0 unspecified atom stereocenters. The van der Waals surface area contributed by atoms with Crippen LogP contribution in [0.4, 0.5) is 14.6 Å². The van der Waals surface area contributed by atoms with Gasteiger partial charge in [0.1, 0.15) is 17.9 Å². The topological polar surface area (TPSA) is 68.4 Å². The fourth-order valence-corrected chi connectivity index (χ4v) is 5.99. The molecule has 0 saturated carbocycles. The number of piperidine rings is 1. The zero-order valence-corrected chi connectivity index (χ0v) is 22.7. The number of aromatic nitrogens is 4. The van der Waals surface area contributed by atoms with Crippen LogP contribution in [-0.4, -0.2) is 45.7 Å². The number of rotatable bonds is 6. The molecule has 2 aromatic heterocycles. The molecule has 6 rings (SSSR count). The summed E-state index contributed by atoms with van der Waals surface area (Å²) in [4.78, 5) is 16.5. The Balaban J connectivity index is 1.16. The number of ether oxygens (including phenoxy) is 1. The third kappa shape index (κ3) is 4.53. The number of fused-ring (bicyclic) bond motifs is 1. The minimum Gasteiger partial charge on any atom is -0.496 e. The second kappa shape index (κ2) is 9.70. The lowest BCUT2D eigenvalue weighted by molar-refractivity contribution is 0.0566. The molecular formula is C30H32F2N6O. The number of hydrogen-bond donors (Lipinski definition) is 0. The van der Waals surface area contributed by atoms with Gasteiger partial charge in [0.25, 0.3) is 0 Å². The second-order valence-corrected chi connectivity index (χ2v) is 10.9. The molecule has 0 radical (unpaired) electrons. The normalized spacial score (nSPS) is 18.5. The van der Waals surface area contributed by atoms with Crippen molar-refractivity contribution < 1.29 is 13.5 Å². The predicted molar refractivity (Wildman–Crippen MR) is 149 cm³/mol. The summed E-state index contributed by atoms with van der Waals surface area (Å²) in [6.45, 7) is 5.59. The average molecular weight is 531 g/mol. The second-order valence-electron chi connectivity index (χ2n) is 10.9. The highest BCUT2D eigenvalue weighted by Gasteiger charge is 2.38. The van der Waals surface area contributed by atoms with Crippen molar-refractivity contribution in [3.8, 4) is 5.75 Å². The van der Waals surface area contributed by atoms with Gasteiger partial charge in [-0.15, -0.1) is 0 Å². The smallest absolute Gasteiger partial charge is 0.333 e.